The zero-order valence-electron chi connectivity index (χ0n) is 13.9. The lowest BCUT2D eigenvalue weighted by Crippen LogP contribution is -2.25. The summed E-state index contributed by atoms with van der Waals surface area (Å²) in [6.07, 6.45) is 0.255. The van der Waals surface area contributed by atoms with Crippen LogP contribution in [0.15, 0.2) is 41.0 Å². The van der Waals surface area contributed by atoms with Gasteiger partial charge in [0.1, 0.15) is 17.4 Å². The van der Waals surface area contributed by atoms with Gasteiger partial charge < -0.3 is 20.5 Å². The van der Waals surface area contributed by atoms with Crippen molar-refractivity contribution in [2.75, 3.05) is 11.9 Å². The largest absolute Gasteiger partial charge is 0.463 e. The van der Waals surface area contributed by atoms with Gasteiger partial charge in [0.2, 0.25) is 11.8 Å². The molecule has 3 rings (SSSR count). The Labute approximate surface area is 144 Å². The molecule has 1 aromatic rings. The van der Waals surface area contributed by atoms with Crippen LogP contribution in [-0.4, -0.2) is 18.5 Å². The van der Waals surface area contributed by atoms with Gasteiger partial charge in [0.15, 0.2) is 0 Å². The second-order valence-electron chi connectivity index (χ2n) is 5.76. The number of allylic oxidation sites excluding steroid dienone is 2. The van der Waals surface area contributed by atoms with E-state index >= 15 is 0 Å². The predicted octanol–water partition coefficient (Wildman–Crippen LogP) is 1.83. The van der Waals surface area contributed by atoms with Crippen LogP contribution in [0.5, 0.6) is 0 Å². The summed E-state index contributed by atoms with van der Waals surface area (Å²) >= 11 is 0. The average molecular weight is 339 g/mol. The molecule has 1 unspecified atom stereocenters. The number of fused-ring (bicyclic) bond motifs is 1. The number of nitrogens with two attached hydrogens (primary N) is 1. The van der Waals surface area contributed by atoms with Crippen molar-refractivity contribution in [2.45, 2.75) is 26.2 Å². The first-order valence-corrected chi connectivity index (χ1v) is 7.84. The van der Waals surface area contributed by atoms with Crippen LogP contribution in [0.25, 0.3) is 0 Å². The summed E-state index contributed by atoms with van der Waals surface area (Å²) in [5.41, 5.74) is 8.47. The summed E-state index contributed by atoms with van der Waals surface area (Å²) in [5, 5.41) is 12.3. The van der Waals surface area contributed by atoms with Crippen molar-refractivity contribution in [3.63, 3.8) is 0 Å². The first kappa shape index (κ1) is 16.6. The minimum Gasteiger partial charge on any atom is -0.463 e. The standard InChI is InChI=1S/C18H17N3O4/c1-3-24-18(23)15-9(2)25-17(20)12(8-19)16(15)10-4-5-13-11(6-10)7-14(22)21-13/h4-6,16H,3,7,20H2,1-2H3,(H,21,22). The van der Waals surface area contributed by atoms with E-state index in [9.17, 15) is 14.9 Å². The molecule has 0 saturated heterocycles. The Bertz CT molecular complexity index is 877. The van der Waals surface area contributed by atoms with Crippen molar-refractivity contribution in [1.29, 1.82) is 5.26 Å². The van der Waals surface area contributed by atoms with Crippen molar-refractivity contribution in [2.24, 2.45) is 5.73 Å². The van der Waals surface area contributed by atoms with Crippen LogP contribution >= 0.6 is 0 Å². The number of hydrogen-bond acceptors (Lipinski definition) is 6. The van der Waals surface area contributed by atoms with Gasteiger partial charge >= 0.3 is 5.97 Å². The molecular formula is C18H17N3O4. The highest BCUT2D eigenvalue weighted by Gasteiger charge is 2.36. The number of ether oxygens (including phenoxy) is 2. The summed E-state index contributed by atoms with van der Waals surface area (Å²) in [6.45, 7) is 3.51. The van der Waals surface area contributed by atoms with Crippen LogP contribution in [0, 0.1) is 11.3 Å². The molecule has 2 heterocycles. The van der Waals surface area contributed by atoms with Crippen molar-refractivity contribution >= 4 is 17.6 Å². The van der Waals surface area contributed by atoms with E-state index in [0.29, 0.717) is 11.3 Å². The van der Waals surface area contributed by atoms with E-state index in [4.69, 9.17) is 15.2 Å². The third kappa shape index (κ3) is 2.83. The molecular weight excluding hydrogens is 322 g/mol. The number of nitrogens with zero attached hydrogens (tertiary/aromatic N) is 1. The first-order chi connectivity index (χ1) is 12.0. The second kappa shape index (κ2) is 6.32. The molecule has 0 radical (unpaired) electrons. The van der Waals surface area contributed by atoms with Crippen LogP contribution in [-0.2, 0) is 25.5 Å². The number of amides is 1. The van der Waals surface area contributed by atoms with E-state index in [1.165, 1.54) is 0 Å². The summed E-state index contributed by atoms with van der Waals surface area (Å²) in [7, 11) is 0. The zero-order valence-corrected chi connectivity index (χ0v) is 13.9. The molecule has 7 nitrogen and oxygen atoms in total. The minimum absolute atomic E-state index is 0.0345. The van der Waals surface area contributed by atoms with Gasteiger partial charge in [-0.25, -0.2) is 4.79 Å². The van der Waals surface area contributed by atoms with Gasteiger partial charge in [0, 0.05) is 5.69 Å². The minimum atomic E-state index is -0.696. The van der Waals surface area contributed by atoms with Crippen LogP contribution < -0.4 is 11.1 Å². The molecule has 1 atom stereocenters. The molecule has 0 bridgehead atoms. The van der Waals surface area contributed by atoms with Gasteiger partial charge in [-0.2, -0.15) is 5.26 Å². The van der Waals surface area contributed by atoms with Crippen molar-refractivity contribution < 1.29 is 19.1 Å². The SMILES string of the molecule is CCOC(=O)C1=C(C)OC(N)=C(C#N)C1c1ccc2c(c1)CC(=O)N2. The molecule has 2 aliphatic rings. The number of nitriles is 1. The van der Waals surface area contributed by atoms with Crippen LogP contribution in [0.3, 0.4) is 0 Å². The van der Waals surface area contributed by atoms with E-state index in [1.54, 1.807) is 32.0 Å². The number of hydrogen-bond donors (Lipinski definition) is 2. The topological polar surface area (TPSA) is 114 Å². The van der Waals surface area contributed by atoms with Gasteiger partial charge in [0.05, 0.1) is 24.5 Å². The number of esters is 1. The van der Waals surface area contributed by atoms with Gasteiger partial charge in [0.25, 0.3) is 0 Å². The summed E-state index contributed by atoms with van der Waals surface area (Å²) < 4.78 is 10.5. The lowest BCUT2D eigenvalue weighted by Gasteiger charge is -2.27. The highest BCUT2D eigenvalue weighted by Crippen LogP contribution is 2.41. The lowest BCUT2D eigenvalue weighted by atomic mass is 9.82. The molecule has 2 aliphatic heterocycles. The monoisotopic (exact) mass is 339 g/mol. The Kier molecular flexibility index (Phi) is 4.19. The zero-order chi connectivity index (χ0) is 18.1. The number of nitrogens with one attached hydrogen (secondary N) is 1. The Balaban J connectivity index is 2.13. The maximum absolute atomic E-state index is 12.4. The molecule has 0 aromatic heterocycles. The summed E-state index contributed by atoms with van der Waals surface area (Å²) in [4.78, 5) is 24.0. The molecule has 1 aromatic carbocycles. The molecule has 128 valence electrons. The van der Waals surface area contributed by atoms with Crippen LogP contribution in [0.2, 0.25) is 0 Å². The highest BCUT2D eigenvalue weighted by atomic mass is 16.5. The third-order valence-corrected chi connectivity index (χ3v) is 4.19. The lowest BCUT2D eigenvalue weighted by molar-refractivity contribution is -0.139. The van der Waals surface area contributed by atoms with E-state index in [0.717, 1.165) is 11.3 Å². The number of carbonyl (C=O) groups excluding carboxylic acids is 2. The first-order valence-electron chi connectivity index (χ1n) is 7.84. The van der Waals surface area contributed by atoms with Crippen LogP contribution in [0.4, 0.5) is 5.69 Å². The molecule has 0 spiro atoms. The Hall–Kier alpha value is -3.27. The van der Waals surface area contributed by atoms with Gasteiger partial charge in [-0.05, 0) is 31.0 Å². The molecule has 7 heteroatoms. The average Bonchev–Trinajstić information content (AvgIpc) is 2.93. The van der Waals surface area contributed by atoms with Crippen molar-refractivity contribution in [3.05, 3.63) is 52.1 Å². The highest BCUT2D eigenvalue weighted by molar-refractivity contribution is 5.99. The fourth-order valence-corrected chi connectivity index (χ4v) is 3.12. The normalized spacial score (nSPS) is 19.1. The fourth-order valence-electron chi connectivity index (χ4n) is 3.12. The number of anilines is 1. The molecule has 25 heavy (non-hydrogen) atoms. The maximum atomic E-state index is 12.4. The Morgan fingerprint density at radius 1 is 1.52 bits per heavy atom. The maximum Gasteiger partial charge on any atom is 0.338 e. The smallest absolute Gasteiger partial charge is 0.338 e. The van der Waals surface area contributed by atoms with Crippen LogP contribution in [0.1, 0.15) is 30.9 Å². The molecule has 1 amide bonds. The van der Waals surface area contributed by atoms with E-state index in [-0.39, 0.29) is 36.0 Å². The van der Waals surface area contributed by atoms with Gasteiger partial charge in [-0.15, -0.1) is 0 Å². The fraction of sp³-hybridized carbons (Fsp3) is 0.278. The summed E-state index contributed by atoms with van der Waals surface area (Å²) in [6, 6.07) is 7.36. The van der Waals surface area contributed by atoms with Gasteiger partial charge in [-0.3, -0.25) is 4.79 Å². The summed E-state index contributed by atoms with van der Waals surface area (Å²) in [5.74, 6) is -1.08. The van der Waals surface area contributed by atoms with E-state index in [2.05, 4.69) is 5.32 Å². The van der Waals surface area contributed by atoms with Crippen molar-refractivity contribution in [1.82, 2.24) is 0 Å². The second-order valence-corrected chi connectivity index (χ2v) is 5.76. The Morgan fingerprint density at radius 3 is 2.96 bits per heavy atom. The number of carbonyl (C=O) groups is 2. The molecule has 0 fully saturated rings. The predicted molar refractivity (Wildman–Crippen MR) is 88.8 cm³/mol. The molecule has 0 aliphatic carbocycles. The van der Waals surface area contributed by atoms with Crippen molar-refractivity contribution in [3.8, 4) is 6.07 Å². The Morgan fingerprint density at radius 2 is 2.28 bits per heavy atom. The molecule has 3 N–H and O–H groups in total. The van der Waals surface area contributed by atoms with E-state index < -0.39 is 11.9 Å². The third-order valence-electron chi connectivity index (χ3n) is 4.19. The number of rotatable bonds is 3. The number of benzene rings is 1. The quantitative estimate of drug-likeness (QED) is 0.812. The van der Waals surface area contributed by atoms with Gasteiger partial charge in [-0.1, -0.05) is 12.1 Å². The van der Waals surface area contributed by atoms with E-state index in [1.807, 2.05) is 6.07 Å². The molecule has 0 saturated carbocycles.